The number of hydrogen-bond acceptors (Lipinski definition) is 5. The molecule has 2 aromatic carbocycles. The predicted octanol–water partition coefficient (Wildman–Crippen LogP) is 3.44. The summed E-state index contributed by atoms with van der Waals surface area (Å²) in [5.41, 5.74) is 0.911. The molecule has 0 unspecified atom stereocenters. The zero-order valence-electron chi connectivity index (χ0n) is 11.6. The molecule has 0 amide bonds. The van der Waals surface area contributed by atoms with Gasteiger partial charge in [0.05, 0.1) is 12.0 Å². The van der Waals surface area contributed by atoms with Crippen LogP contribution in [0, 0.1) is 10.1 Å². The van der Waals surface area contributed by atoms with Gasteiger partial charge < -0.3 is 9.47 Å². The van der Waals surface area contributed by atoms with Crippen LogP contribution in [-0.2, 0) is 0 Å². The summed E-state index contributed by atoms with van der Waals surface area (Å²) >= 11 is 0. The normalized spacial score (nSPS) is 10.6. The molecule has 108 valence electrons. The van der Waals surface area contributed by atoms with Crippen molar-refractivity contribution in [2.75, 3.05) is 14.2 Å². The van der Waals surface area contributed by atoms with E-state index in [1.54, 1.807) is 44.6 Å². The highest BCUT2D eigenvalue weighted by Gasteiger charge is 2.08. The monoisotopic (exact) mass is 286 g/mol. The molecular weight excluding hydrogens is 272 g/mol. The summed E-state index contributed by atoms with van der Waals surface area (Å²) in [5.74, 6) is 1.58. The van der Waals surface area contributed by atoms with Gasteiger partial charge in [0, 0.05) is 25.4 Å². The molecule has 2 rings (SSSR count). The number of non-ortho nitro benzene ring substituents is 1. The van der Waals surface area contributed by atoms with Crippen LogP contribution < -0.4 is 9.47 Å². The molecule has 0 aromatic heterocycles. The van der Waals surface area contributed by atoms with Crippen molar-refractivity contribution in [3.63, 3.8) is 0 Å². The van der Waals surface area contributed by atoms with Crippen molar-refractivity contribution in [3.05, 3.63) is 58.1 Å². The van der Waals surface area contributed by atoms with Crippen LogP contribution in [0.4, 0.5) is 5.69 Å². The summed E-state index contributed by atoms with van der Waals surface area (Å²) in [5, 5.41) is 10.6. The molecule has 0 aliphatic carbocycles. The van der Waals surface area contributed by atoms with Crippen LogP contribution in [0.25, 0.3) is 0 Å². The minimum Gasteiger partial charge on any atom is -0.493 e. The van der Waals surface area contributed by atoms with E-state index in [9.17, 15) is 10.1 Å². The third-order valence-electron chi connectivity index (χ3n) is 2.74. The van der Waals surface area contributed by atoms with Gasteiger partial charge in [0.25, 0.3) is 5.69 Å². The number of nitro groups is 1. The highest BCUT2D eigenvalue weighted by molar-refractivity contribution is 5.80. The Hall–Kier alpha value is -2.89. The Morgan fingerprint density at radius 2 is 1.86 bits per heavy atom. The molecule has 0 heterocycles. The fourth-order valence-corrected chi connectivity index (χ4v) is 1.76. The zero-order chi connectivity index (χ0) is 15.2. The third kappa shape index (κ3) is 3.56. The molecule has 0 spiro atoms. The van der Waals surface area contributed by atoms with Crippen molar-refractivity contribution in [2.24, 2.45) is 4.99 Å². The Kier molecular flexibility index (Phi) is 4.50. The minimum absolute atomic E-state index is 0.0174. The molecule has 0 N–H and O–H groups in total. The van der Waals surface area contributed by atoms with E-state index in [1.807, 2.05) is 6.07 Å². The Labute approximate surface area is 121 Å². The summed E-state index contributed by atoms with van der Waals surface area (Å²) in [6.07, 6.45) is 1.71. The largest absolute Gasteiger partial charge is 0.493 e. The SMILES string of the molecule is CN=Cc1ccc(Oc2ccc([N+](=O)[O-])cc2)c(OC)c1. The number of benzene rings is 2. The molecule has 2 aromatic rings. The number of methoxy groups -OCH3 is 1. The zero-order valence-corrected chi connectivity index (χ0v) is 11.6. The molecule has 6 nitrogen and oxygen atoms in total. The lowest BCUT2D eigenvalue weighted by Gasteiger charge is -2.10. The minimum atomic E-state index is -0.455. The summed E-state index contributed by atoms with van der Waals surface area (Å²) < 4.78 is 10.9. The summed E-state index contributed by atoms with van der Waals surface area (Å²) in [4.78, 5) is 14.1. The van der Waals surface area contributed by atoms with E-state index in [1.165, 1.54) is 12.1 Å². The first-order valence-electron chi connectivity index (χ1n) is 6.16. The maximum absolute atomic E-state index is 10.6. The molecular formula is C15H14N2O4. The van der Waals surface area contributed by atoms with Gasteiger partial charge >= 0.3 is 0 Å². The standard InChI is InChI=1S/C15H14N2O4/c1-16-10-11-3-8-14(15(9-11)20-2)21-13-6-4-12(5-7-13)17(18)19/h3-10H,1-2H3. The van der Waals surface area contributed by atoms with Crippen LogP contribution in [-0.4, -0.2) is 25.3 Å². The fraction of sp³-hybridized carbons (Fsp3) is 0.133. The second kappa shape index (κ2) is 6.51. The van der Waals surface area contributed by atoms with E-state index < -0.39 is 4.92 Å². The lowest BCUT2D eigenvalue weighted by molar-refractivity contribution is -0.384. The van der Waals surface area contributed by atoms with Crippen LogP contribution in [0.2, 0.25) is 0 Å². The van der Waals surface area contributed by atoms with Crippen molar-refractivity contribution >= 4 is 11.9 Å². The van der Waals surface area contributed by atoms with E-state index in [0.29, 0.717) is 17.2 Å². The van der Waals surface area contributed by atoms with Gasteiger partial charge in [-0.05, 0) is 35.9 Å². The number of ether oxygens (including phenoxy) is 2. The number of nitrogens with zero attached hydrogens (tertiary/aromatic N) is 2. The van der Waals surface area contributed by atoms with Crippen molar-refractivity contribution in [2.45, 2.75) is 0 Å². The molecule has 0 fully saturated rings. The summed E-state index contributed by atoms with van der Waals surface area (Å²) in [6, 6.07) is 11.3. The predicted molar refractivity (Wildman–Crippen MR) is 79.7 cm³/mol. The highest BCUT2D eigenvalue weighted by atomic mass is 16.6. The van der Waals surface area contributed by atoms with Gasteiger partial charge in [-0.15, -0.1) is 0 Å². The molecule has 0 atom stereocenters. The maximum atomic E-state index is 10.6. The number of nitro benzene ring substituents is 1. The van der Waals surface area contributed by atoms with E-state index in [-0.39, 0.29) is 5.69 Å². The van der Waals surface area contributed by atoms with Gasteiger partial charge in [0.1, 0.15) is 5.75 Å². The van der Waals surface area contributed by atoms with Crippen molar-refractivity contribution < 1.29 is 14.4 Å². The molecule has 0 aliphatic heterocycles. The fourth-order valence-electron chi connectivity index (χ4n) is 1.76. The topological polar surface area (TPSA) is 74.0 Å². The van der Waals surface area contributed by atoms with Crippen LogP contribution in [0.5, 0.6) is 17.2 Å². The van der Waals surface area contributed by atoms with E-state index in [2.05, 4.69) is 4.99 Å². The van der Waals surface area contributed by atoms with Crippen LogP contribution in [0.1, 0.15) is 5.56 Å². The van der Waals surface area contributed by atoms with Crippen LogP contribution in [0.15, 0.2) is 47.5 Å². The van der Waals surface area contributed by atoms with Crippen LogP contribution in [0.3, 0.4) is 0 Å². The lowest BCUT2D eigenvalue weighted by Crippen LogP contribution is -1.93. The second-order valence-corrected chi connectivity index (χ2v) is 4.15. The smallest absolute Gasteiger partial charge is 0.269 e. The Balaban J connectivity index is 2.24. The summed E-state index contributed by atoms with van der Waals surface area (Å²) in [6.45, 7) is 0. The summed E-state index contributed by atoms with van der Waals surface area (Å²) in [7, 11) is 3.23. The molecule has 21 heavy (non-hydrogen) atoms. The molecule has 0 aliphatic rings. The van der Waals surface area contributed by atoms with Gasteiger partial charge in [-0.1, -0.05) is 0 Å². The van der Waals surface area contributed by atoms with Gasteiger partial charge in [-0.3, -0.25) is 15.1 Å². The Bertz CT molecular complexity index is 666. The Morgan fingerprint density at radius 3 is 2.43 bits per heavy atom. The quantitative estimate of drug-likeness (QED) is 0.479. The van der Waals surface area contributed by atoms with Crippen molar-refractivity contribution in [3.8, 4) is 17.2 Å². The molecule has 0 saturated heterocycles. The van der Waals surface area contributed by atoms with Gasteiger partial charge in [0.2, 0.25) is 0 Å². The third-order valence-corrected chi connectivity index (χ3v) is 2.74. The average molecular weight is 286 g/mol. The first kappa shape index (κ1) is 14.5. The number of rotatable bonds is 5. The molecule has 0 bridgehead atoms. The van der Waals surface area contributed by atoms with Crippen LogP contribution >= 0.6 is 0 Å². The maximum Gasteiger partial charge on any atom is 0.269 e. The Morgan fingerprint density at radius 1 is 1.14 bits per heavy atom. The van der Waals surface area contributed by atoms with E-state index in [0.717, 1.165) is 5.56 Å². The number of aliphatic imine (C=N–C) groups is 1. The first-order valence-corrected chi connectivity index (χ1v) is 6.16. The first-order chi connectivity index (χ1) is 10.1. The van der Waals surface area contributed by atoms with Gasteiger partial charge in [-0.25, -0.2) is 0 Å². The van der Waals surface area contributed by atoms with Crippen molar-refractivity contribution in [1.29, 1.82) is 0 Å². The van der Waals surface area contributed by atoms with E-state index >= 15 is 0 Å². The molecule has 0 radical (unpaired) electrons. The second-order valence-electron chi connectivity index (χ2n) is 4.15. The lowest BCUT2D eigenvalue weighted by atomic mass is 10.2. The average Bonchev–Trinajstić information content (AvgIpc) is 2.49. The van der Waals surface area contributed by atoms with Gasteiger partial charge in [0.15, 0.2) is 11.5 Å². The highest BCUT2D eigenvalue weighted by Crippen LogP contribution is 2.32. The molecule has 0 saturated carbocycles. The van der Waals surface area contributed by atoms with Gasteiger partial charge in [-0.2, -0.15) is 0 Å². The van der Waals surface area contributed by atoms with Crippen molar-refractivity contribution in [1.82, 2.24) is 0 Å². The number of hydrogen-bond donors (Lipinski definition) is 0. The van der Waals surface area contributed by atoms with E-state index in [4.69, 9.17) is 9.47 Å². The molecule has 6 heteroatoms.